The van der Waals surface area contributed by atoms with Crippen molar-refractivity contribution in [3.8, 4) is 101 Å². The van der Waals surface area contributed by atoms with Gasteiger partial charge in [-0.2, -0.15) is 0 Å². The Kier molecular flexibility index (Phi) is 15.5. The van der Waals surface area contributed by atoms with E-state index in [-0.39, 0.29) is 5.28 Å². The lowest BCUT2D eigenvalue weighted by molar-refractivity contribution is 1.11. The van der Waals surface area contributed by atoms with Crippen LogP contribution in [0.2, 0.25) is 5.28 Å². The van der Waals surface area contributed by atoms with Crippen molar-refractivity contribution in [2.45, 2.75) is 0 Å². The lowest BCUT2D eigenvalue weighted by Crippen LogP contribution is -2.15. The summed E-state index contributed by atoms with van der Waals surface area (Å²) in [6.45, 7) is 0. The van der Waals surface area contributed by atoms with Crippen LogP contribution in [0.3, 0.4) is 0 Å². The zero-order chi connectivity index (χ0) is 67.2. The molecule has 8 nitrogen and oxygen atoms in total. The normalized spacial score (nSPS) is 11.7. The summed E-state index contributed by atoms with van der Waals surface area (Å²) >= 11 is 5.95. The summed E-state index contributed by atoms with van der Waals surface area (Å²) in [5, 5.41) is 8.48. The van der Waals surface area contributed by atoms with Gasteiger partial charge in [0.15, 0.2) is 0 Å². The minimum Gasteiger partial charge on any atom is -0.354 e. The van der Waals surface area contributed by atoms with E-state index >= 15 is 0 Å². The third kappa shape index (κ3) is 10.7. The predicted octanol–water partition coefficient (Wildman–Crippen LogP) is 24.7. The van der Waals surface area contributed by atoms with E-state index in [1.165, 1.54) is 72.0 Å². The number of fused-ring (bicyclic) bond motifs is 16. The van der Waals surface area contributed by atoms with Gasteiger partial charge in [0.1, 0.15) is 0 Å². The fourth-order valence-corrected chi connectivity index (χ4v) is 15.0. The van der Waals surface area contributed by atoms with E-state index in [0.29, 0.717) is 5.95 Å². The highest BCUT2D eigenvalue weighted by atomic mass is 35.5. The molecule has 2 aliphatic heterocycles. The smallest absolute Gasteiger partial charge is 0.235 e. The zero-order valence-electron chi connectivity index (χ0n) is 54.6. The summed E-state index contributed by atoms with van der Waals surface area (Å²) in [5.41, 5.74) is 29.0. The first-order valence-electron chi connectivity index (χ1n) is 33.9. The third-order valence-electron chi connectivity index (χ3n) is 19.1. The van der Waals surface area contributed by atoms with Gasteiger partial charge in [-0.15, -0.1) is 0 Å². The van der Waals surface area contributed by atoms with Gasteiger partial charge in [-0.05, 0) is 83.4 Å². The fraction of sp³-hybridized carbons (Fsp3) is 0. The van der Waals surface area contributed by atoms with Crippen molar-refractivity contribution in [1.29, 1.82) is 0 Å². The molecule has 0 saturated heterocycles. The fourth-order valence-electron chi connectivity index (χ4n) is 14.8. The summed E-state index contributed by atoms with van der Waals surface area (Å²) in [6, 6.07) is 128. The summed E-state index contributed by atoms with van der Waals surface area (Å²) in [4.78, 5) is 21.5. The van der Waals surface area contributed by atoms with Gasteiger partial charge >= 0.3 is 0 Å². The number of rotatable bonds is 7. The Labute approximate surface area is 589 Å². The number of hydrogen-bond acceptors (Lipinski definition) is 6. The van der Waals surface area contributed by atoms with Crippen LogP contribution in [-0.4, -0.2) is 29.1 Å². The molecule has 1 N–H and O–H groups in total. The Morgan fingerprint density at radius 1 is 0.257 bits per heavy atom. The maximum atomic E-state index is 5.95. The van der Waals surface area contributed by atoms with Crippen molar-refractivity contribution in [2.24, 2.45) is 0 Å². The molecular formula is C92H61ClN8. The molecule has 476 valence electrons. The number of anilines is 5. The number of halogens is 1. The van der Waals surface area contributed by atoms with Crippen LogP contribution in [0.15, 0.2) is 364 Å². The summed E-state index contributed by atoms with van der Waals surface area (Å²) in [7, 11) is 0. The van der Waals surface area contributed by atoms with Crippen LogP contribution in [0, 0.1) is 0 Å². The van der Waals surface area contributed by atoms with Gasteiger partial charge in [-0.25, -0.2) is 19.9 Å². The van der Waals surface area contributed by atoms with Gasteiger partial charge in [0.2, 0.25) is 11.2 Å². The first kappa shape index (κ1) is 60.2. The largest absolute Gasteiger partial charge is 0.354 e. The minimum absolute atomic E-state index is 0.280. The average molecular weight is 1310 g/mol. The predicted molar refractivity (Wildman–Crippen MR) is 419 cm³/mol. The molecule has 0 fully saturated rings. The van der Waals surface area contributed by atoms with Crippen LogP contribution < -0.4 is 10.2 Å². The van der Waals surface area contributed by atoms with Crippen LogP contribution in [0.1, 0.15) is 0 Å². The Hall–Kier alpha value is -13.3. The zero-order valence-corrected chi connectivity index (χ0v) is 55.4. The third-order valence-corrected chi connectivity index (χ3v) is 19.3. The van der Waals surface area contributed by atoms with Crippen LogP contribution in [0.25, 0.3) is 145 Å². The number of para-hydroxylation sites is 10. The maximum Gasteiger partial charge on any atom is 0.235 e. The highest BCUT2D eigenvalue weighted by Crippen LogP contribution is 2.56. The molecular weight excluding hydrogens is 1250 g/mol. The second kappa shape index (κ2) is 25.9. The maximum absolute atomic E-state index is 5.95. The van der Waals surface area contributed by atoms with Crippen molar-refractivity contribution in [3.63, 3.8) is 0 Å². The molecule has 0 amide bonds. The summed E-state index contributed by atoms with van der Waals surface area (Å²) < 4.78 is 4.92. The first-order valence-corrected chi connectivity index (χ1v) is 34.3. The van der Waals surface area contributed by atoms with Gasteiger partial charge in [-0.3, -0.25) is 4.90 Å². The van der Waals surface area contributed by atoms with Crippen molar-refractivity contribution in [2.75, 3.05) is 10.2 Å². The molecule has 0 spiro atoms. The molecule has 0 atom stereocenters. The highest BCUT2D eigenvalue weighted by Gasteiger charge is 2.34. The number of nitrogens with one attached hydrogen (secondary N) is 1. The SMILES string of the molecule is Clc1nc(-c2ccccc2)c2ccccc2n1.c1ccc(-c2cccc3c4c(n(-c5ccccc5)c23)-c2ccccc2Nc2ccccc2-4)cc1.c1ccc(-c2nc(N3c4ccccc4-c4c(n(-c5ccccc5)c5c(-c6ccccc6)cccc45)-c4ccccc43)nc3ccccc23)cc1. The molecule has 0 aliphatic carbocycles. The van der Waals surface area contributed by atoms with E-state index < -0.39 is 0 Å². The van der Waals surface area contributed by atoms with E-state index in [9.17, 15) is 0 Å². The molecule has 18 aromatic rings. The molecule has 2 aliphatic rings. The van der Waals surface area contributed by atoms with Crippen LogP contribution in [-0.2, 0) is 0 Å². The van der Waals surface area contributed by atoms with Gasteiger partial charge in [-0.1, -0.05) is 303 Å². The molecule has 0 saturated carbocycles. The van der Waals surface area contributed by atoms with E-state index in [1.54, 1.807) is 0 Å². The van der Waals surface area contributed by atoms with Gasteiger partial charge in [0.25, 0.3) is 0 Å². The summed E-state index contributed by atoms with van der Waals surface area (Å²) in [5.74, 6) is 0.633. The number of hydrogen-bond donors (Lipinski definition) is 1. The standard InChI is InChI=1S/C46H30N4.C32H22N2.C14H9ClN2/c1-4-17-31(18-5-1)34-26-16-27-38-42-36-24-11-14-29-40(36)50(46-47-39-28-13-10-23-35(39)43(48-46)32-19-6-2-7-20-32)41-30-15-12-25-37(41)45(42)49(44(34)38)33-21-8-3-9-22-33;1-3-12-22(13-4-1)24-18-11-19-27-30-25-16-7-9-20-28(25)33-29-21-10-8-17-26(29)32(30)34(31(24)27)23-14-5-2-6-15-23;15-14-16-12-9-5-4-8-11(12)13(17-14)10-6-2-1-3-7-10/h1-30H;1-21,33H;1-9H. The first-order chi connectivity index (χ1) is 50.1. The molecule has 20 rings (SSSR count). The van der Waals surface area contributed by atoms with Crippen LogP contribution in [0.4, 0.5) is 28.7 Å². The van der Waals surface area contributed by atoms with E-state index in [2.05, 4.69) is 327 Å². The Morgan fingerprint density at radius 2 is 0.614 bits per heavy atom. The molecule has 0 radical (unpaired) electrons. The molecule has 0 unspecified atom stereocenters. The molecule has 9 heteroatoms. The Morgan fingerprint density at radius 3 is 1.15 bits per heavy atom. The monoisotopic (exact) mass is 1310 g/mol. The lowest BCUT2D eigenvalue weighted by Gasteiger charge is -2.26. The van der Waals surface area contributed by atoms with Crippen molar-refractivity contribution in [3.05, 3.63) is 369 Å². The quantitative estimate of drug-likeness (QED) is 0.160. The van der Waals surface area contributed by atoms with Crippen molar-refractivity contribution < 1.29 is 0 Å². The van der Waals surface area contributed by atoms with Gasteiger partial charge in [0.05, 0.1) is 56.2 Å². The molecule has 101 heavy (non-hydrogen) atoms. The lowest BCUT2D eigenvalue weighted by atomic mass is 9.96. The van der Waals surface area contributed by atoms with E-state index in [0.717, 1.165) is 95.3 Å². The van der Waals surface area contributed by atoms with E-state index in [1.807, 2.05) is 66.7 Å². The van der Waals surface area contributed by atoms with Crippen LogP contribution >= 0.6 is 11.6 Å². The van der Waals surface area contributed by atoms with Crippen molar-refractivity contribution >= 4 is 83.9 Å². The van der Waals surface area contributed by atoms with E-state index in [4.69, 9.17) is 21.6 Å². The minimum atomic E-state index is 0.280. The molecule has 6 heterocycles. The number of aromatic nitrogens is 6. The molecule has 14 aromatic carbocycles. The van der Waals surface area contributed by atoms with Crippen LogP contribution in [0.5, 0.6) is 0 Å². The van der Waals surface area contributed by atoms with Crippen molar-refractivity contribution in [1.82, 2.24) is 29.1 Å². The topological polar surface area (TPSA) is 76.7 Å². The Bertz CT molecular complexity index is 6120. The number of nitrogens with zero attached hydrogens (tertiary/aromatic N) is 7. The Balaban J connectivity index is 0.000000123. The number of benzene rings is 14. The second-order valence-electron chi connectivity index (χ2n) is 25.0. The second-order valence-corrected chi connectivity index (χ2v) is 25.3. The van der Waals surface area contributed by atoms with Gasteiger partial charge in [0, 0.05) is 99.9 Å². The van der Waals surface area contributed by atoms with Gasteiger partial charge < -0.3 is 14.5 Å². The summed E-state index contributed by atoms with van der Waals surface area (Å²) in [6.07, 6.45) is 0. The molecule has 0 bridgehead atoms. The highest BCUT2D eigenvalue weighted by molar-refractivity contribution is 6.29. The average Bonchev–Trinajstić information content (AvgIpc) is 1.56. The molecule has 4 aromatic heterocycles.